The van der Waals surface area contributed by atoms with Gasteiger partial charge in [0.15, 0.2) is 0 Å². The topological polar surface area (TPSA) is 52.0 Å². The maximum absolute atomic E-state index is 5.69. The quantitative estimate of drug-likeness (QED) is 0.908. The van der Waals surface area contributed by atoms with Crippen molar-refractivity contribution in [1.29, 1.82) is 0 Å². The second-order valence-corrected chi connectivity index (χ2v) is 4.06. The molecule has 0 bridgehead atoms. The van der Waals surface area contributed by atoms with Crippen LogP contribution in [0.4, 0.5) is 5.88 Å². The molecule has 0 saturated heterocycles. The Morgan fingerprint density at radius 2 is 2.13 bits per heavy atom. The first kappa shape index (κ1) is 10.2. The van der Waals surface area contributed by atoms with Gasteiger partial charge in [-0.05, 0) is 12.5 Å². The summed E-state index contributed by atoms with van der Waals surface area (Å²) in [7, 11) is 0. The van der Waals surface area contributed by atoms with Crippen LogP contribution in [0.2, 0.25) is 0 Å². The van der Waals surface area contributed by atoms with Crippen molar-refractivity contribution in [3.63, 3.8) is 0 Å². The van der Waals surface area contributed by atoms with E-state index in [1.54, 1.807) is 0 Å². The van der Waals surface area contributed by atoms with Gasteiger partial charge < -0.3 is 10.3 Å². The third-order valence-corrected chi connectivity index (χ3v) is 2.99. The minimum atomic E-state index is 0.406. The number of benzene rings is 1. The Kier molecular flexibility index (Phi) is 2.77. The van der Waals surface area contributed by atoms with Crippen LogP contribution in [-0.4, -0.2) is 5.16 Å². The van der Waals surface area contributed by atoms with Gasteiger partial charge >= 0.3 is 0 Å². The van der Waals surface area contributed by atoms with Crippen LogP contribution in [0, 0.1) is 0 Å². The molecule has 0 atom stereocenters. The first-order chi connectivity index (χ1) is 7.24. The third kappa shape index (κ3) is 1.77. The number of aromatic nitrogens is 1. The van der Waals surface area contributed by atoms with Crippen molar-refractivity contribution >= 4 is 21.8 Å². The summed E-state index contributed by atoms with van der Waals surface area (Å²) in [4.78, 5) is 0. The van der Waals surface area contributed by atoms with E-state index in [1.807, 2.05) is 31.2 Å². The lowest BCUT2D eigenvalue weighted by molar-refractivity contribution is 0.438. The largest absolute Gasteiger partial charge is 0.367 e. The molecule has 0 aliphatic carbocycles. The summed E-state index contributed by atoms with van der Waals surface area (Å²) in [5.41, 5.74) is 8.49. The van der Waals surface area contributed by atoms with Crippen LogP contribution in [0.5, 0.6) is 0 Å². The highest BCUT2D eigenvalue weighted by atomic mass is 79.9. The molecule has 0 spiro atoms. The predicted octanol–water partition coefficient (Wildman–Crippen LogP) is 3.25. The molecule has 0 radical (unpaired) electrons. The van der Waals surface area contributed by atoms with Gasteiger partial charge in [-0.2, -0.15) is 0 Å². The molecule has 2 rings (SSSR count). The van der Waals surface area contributed by atoms with Crippen LogP contribution in [0.25, 0.3) is 11.3 Å². The van der Waals surface area contributed by atoms with E-state index >= 15 is 0 Å². The second kappa shape index (κ2) is 4.06. The zero-order valence-electron chi connectivity index (χ0n) is 8.33. The molecule has 4 heteroatoms. The van der Waals surface area contributed by atoms with Crippen LogP contribution in [0.1, 0.15) is 12.5 Å². The summed E-state index contributed by atoms with van der Waals surface area (Å²) in [5, 5.41) is 3.99. The van der Waals surface area contributed by atoms with Crippen molar-refractivity contribution in [1.82, 2.24) is 5.16 Å². The standard InChI is InChI=1S/C11H11BrN2O/c1-2-7-10(14-15-11(7)13)8-5-3-4-6-9(8)12/h3-6H,2,13H2,1H3. The molecular weight excluding hydrogens is 256 g/mol. The van der Waals surface area contributed by atoms with Crippen molar-refractivity contribution in [3.05, 3.63) is 34.3 Å². The summed E-state index contributed by atoms with van der Waals surface area (Å²) in [6.07, 6.45) is 0.812. The molecule has 1 aromatic carbocycles. The normalized spacial score (nSPS) is 10.5. The lowest BCUT2D eigenvalue weighted by Crippen LogP contribution is -1.90. The molecule has 0 fully saturated rings. The average molecular weight is 267 g/mol. The molecule has 3 nitrogen and oxygen atoms in total. The van der Waals surface area contributed by atoms with Gasteiger partial charge in [-0.25, -0.2) is 0 Å². The summed E-state index contributed by atoms with van der Waals surface area (Å²) >= 11 is 3.48. The van der Waals surface area contributed by atoms with Gasteiger partial charge in [-0.15, -0.1) is 0 Å². The molecule has 0 unspecified atom stereocenters. The zero-order chi connectivity index (χ0) is 10.8. The number of hydrogen-bond acceptors (Lipinski definition) is 3. The zero-order valence-corrected chi connectivity index (χ0v) is 9.91. The fourth-order valence-electron chi connectivity index (χ4n) is 1.53. The highest BCUT2D eigenvalue weighted by Gasteiger charge is 2.15. The Bertz CT molecular complexity index is 479. The Labute approximate surface area is 96.4 Å². The first-order valence-electron chi connectivity index (χ1n) is 4.73. The molecule has 0 saturated carbocycles. The molecule has 2 aromatic rings. The number of halogens is 1. The van der Waals surface area contributed by atoms with Gasteiger partial charge in [0.1, 0.15) is 5.69 Å². The average Bonchev–Trinajstić information content (AvgIpc) is 2.60. The lowest BCUT2D eigenvalue weighted by Gasteiger charge is -2.01. The van der Waals surface area contributed by atoms with Gasteiger partial charge in [-0.3, -0.25) is 0 Å². The Balaban J connectivity index is 2.59. The van der Waals surface area contributed by atoms with Crippen LogP contribution >= 0.6 is 15.9 Å². The van der Waals surface area contributed by atoms with E-state index in [4.69, 9.17) is 10.3 Å². The molecule has 2 N–H and O–H groups in total. The molecule has 0 aliphatic heterocycles. The van der Waals surface area contributed by atoms with Crippen molar-refractivity contribution < 1.29 is 4.52 Å². The fourth-order valence-corrected chi connectivity index (χ4v) is 2.00. The van der Waals surface area contributed by atoms with E-state index in [-0.39, 0.29) is 0 Å². The maximum Gasteiger partial charge on any atom is 0.225 e. The van der Waals surface area contributed by atoms with E-state index in [0.717, 1.165) is 27.7 Å². The van der Waals surface area contributed by atoms with E-state index in [1.165, 1.54) is 0 Å². The van der Waals surface area contributed by atoms with Gasteiger partial charge in [0.05, 0.1) is 0 Å². The Morgan fingerprint density at radius 3 is 2.80 bits per heavy atom. The maximum atomic E-state index is 5.69. The number of rotatable bonds is 2. The van der Waals surface area contributed by atoms with Gasteiger partial charge in [0.25, 0.3) is 0 Å². The van der Waals surface area contributed by atoms with Crippen molar-refractivity contribution in [3.8, 4) is 11.3 Å². The summed E-state index contributed by atoms with van der Waals surface area (Å²) in [6, 6.07) is 7.88. The number of nitrogens with zero attached hydrogens (tertiary/aromatic N) is 1. The second-order valence-electron chi connectivity index (χ2n) is 3.21. The number of nitrogen functional groups attached to an aromatic ring is 1. The van der Waals surface area contributed by atoms with Crippen LogP contribution in [-0.2, 0) is 6.42 Å². The van der Waals surface area contributed by atoms with Gasteiger partial charge in [0.2, 0.25) is 5.88 Å². The minimum Gasteiger partial charge on any atom is -0.367 e. The van der Waals surface area contributed by atoms with Crippen molar-refractivity contribution in [2.24, 2.45) is 0 Å². The molecular formula is C11H11BrN2O. The van der Waals surface area contributed by atoms with E-state index in [9.17, 15) is 0 Å². The van der Waals surface area contributed by atoms with Crippen LogP contribution in [0.15, 0.2) is 33.3 Å². The summed E-state index contributed by atoms with van der Waals surface area (Å²) < 4.78 is 6.00. The summed E-state index contributed by atoms with van der Waals surface area (Å²) in [6.45, 7) is 2.03. The predicted molar refractivity (Wildman–Crippen MR) is 63.4 cm³/mol. The Morgan fingerprint density at radius 1 is 1.40 bits per heavy atom. The molecule has 0 aliphatic rings. The minimum absolute atomic E-state index is 0.406. The third-order valence-electron chi connectivity index (χ3n) is 2.30. The molecule has 0 amide bonds. The van der Waals surface area contributed by atoms with E-state index in [2.05, 4.69) is 21.1 Å². The fraction of sp³-hybridized carbons (Fsp3) is 0.182. The molecule has 1 aromatic heterocycles. The summed E-state index contributed by atoms with van der Waals surface area (Å²) in [5.74, 6) is 0.406. The van der Waals surface area contributed by atoms with Crippen molar-refractivity contribution in [2.75, 3.05) is 5.73 Å². The van der Waals surface area contributed by atoms with Crippen LogP contribution in [0.3, 0.4) is 0 Å². The van der Waals surface area contributed by atoms with Gasteiger partial charge in [0, 0.05) is 15.6 Å². The lowest BCUT2D eigenvalue weighted by atomic mass is 10.1. The monoisotopic (exact) mass is 266 g/mol. The number of hydrogen-bond donors (Lipinski definition) is 1. The van der Waals surface area contributed by atoms with Crippen molar-refractivity contribution in [2.45, 2.75) is 13.3 Å². The molecule has 1 heterocycles. The van der Waals surface area contributed by atoms with Gasteiger partial charge in [-0.1, -0.05) is 46.2 Å². The molecule has 78 valence electrons. The highest BCUT2D eigenvalue weighted by molar-refractivity contribution is 9.10. The first-order valence-corrected chi connectivity index (χ1v) is 5.52. The SMILES string of the molecule is CCc1c(-c2ccccc2Br)noc1N. The van der Waals surface area contributed by atoms with E-state index in [0.29, 0.717) is 5.88 Å². The smallest absolute Gasteiger partial charge is 0.225 e. The Hall–Kier alpha value is -1.29. The number of anilines is 1. The molecule has 15 heavy (non-hydrogen) atoms. The van der Waals surface area contributed by atoms with E-state index < -0.39 is 0 Å². The highest BCUT2D eigenvalue weighted by Crippen LogP contribution is 2.32. The van der Waals surface area contributed by atoms with Crippen LogP contribution < -0.4 is 5.73 Å². The number of nitrogens with two attached hydrogens (primary N) is 1.